The summed E-state index contributed by atoms with van der Waals surface area (Å²) in [5.41, 5.74) is 0. The van der Waals surface area contributed by atoms with Crippen LogP contribution in [0.15, 0.2) is 28.7 Å². The highest BCUT2D eigenvalue weighted by Gasteiger charge is 2.01. The van der Waals surface area contributed by atoms with Gasteiger partial charge in [-0.15, -0.1) is 0 Å². The lowest BCUT2D eigenvalue weighted by atomic mass is 10.3. The Morgan fingerprint density at radius 3 is 1.38 bits per heavy atom. The third-order valence-electron chi connectivity index (χ3n) is 5.04. The Labute approximate surface area is 256 Å². The van der Waals surface area contributed by atoms with Crippen molar-refractivity contribution in [2.45, 2.75) is 12.8 Å². The predicted molar refractivity (Wildman–Crippen MR) is 156 cm³/mol. The molecule has 0 saturated carbocycles. The second-order valence-corrected chi connectivity index (χ2v) is 9.36. The Hall–Kier alpha value is -1.88. The molecule has 0 heterocycles. The zero-order chi connectivity index (χ0) is 30.4. The molecule has 0 aliphatic heterocycles. The van der Waals surface area contributed by atoms with Crippen molar-refractivity contribution in [1.29, 1.82) is 0 Å². The Bertz CT molecular complexity index is 772. The lowest BCUT2D eigenvalue weighted by molar-refractivity contribution is -0.138. The van der Waals surface area contributed by atoms with Gasteiger partial charge in [0.05, 0.1) is 112 Å². The van der Waals surface area contributed by atoms with E-state index in [0.717, 1.165) is 10.2 Å². The van der Waals surface area contributed by atoms with Crippen LogP contribution in [0.4, 0.5) is 0 Å². The van der Waals surface area contributed by atoms with Crippen molar-refractivity contribution >= 4 is 27.8 Å². The van der Waals surface area contributed by atoms with Crippen molar-refractivity contribution in [3.05, 3.63) is 28.7 Å². The van der Waals surface area contributed by atoms with Gasteiger partial charge in [-0.25, -0.2) is 0 Å². The van der Waals surface area contributed by atoms with Crippen LogP contribution >= 0.6 is 15.9 Å². The standard InChI is InChI=1S/C28H46BrNO12/c29-25-1-3-26(4-2-25)42-24-23-41-22-21-40-20-18-37-14-11-34-8-5-27(31)30-7-10-36-13-16-39-19-17-38-15-12-35-9-6-28(32)33/h1-4H,5-24H2,(H,30,31)(H,32,33). The van der Waals surface area contributed by atoms with E-state index in [1.54, 1.807) is 0 Å². The lowest BCUT2D eigenvalue weighted by Gasteiger charge is -2.09. The largest absolute Gasteiger partial charge is 0.491 e. The van der Waals surface area contributed by atoms with E-state index in [0.29, 0.717) is 112 Å². The third kappa shape index (κ3) is 27.0. The average molecular weight is 669 g/mol. The van der Waals surface area contributed by atoms with E-state index >= 15 is 0 Å². The van der Waals surface area contributed by atoms with Gasteiger partial charge in [-0.05, 0) is 24.3 Å². The first kappa shape index (κ1) is 38.1. The Balaban J connectivity index is 1.70. The molecule has 0 radical (unpaired) electrons. The molecule has 1 aromatic carbocycles. The summed E-state index contributed by atoms with van der Waals surface area (Å²) < 4.78 is 49.5. The minimum Gasteiger partial charge on any atom is -0.491 e. The van der Waals surface area contributed by atoms with Gasteiger partial charge in [0.1, 0.15) is 12.4 Å². The highest BCUT2D eigenvalue weighted by atomic mass is 79.9. The molecule has 0 spiro atoms. The molecule has 1 rings (SSSR count). The Morgan fingerprint density at radius 1 is 0.548 bits per heavy atom. The van der Waals surface area contributed by atoms with Crippen molar-refractivity contribution in [2.75, 3.05) is 119 Å². The van der Waals surface area contributed by atoms with Crippen molar-refractivity contribution in [2.24, 2.45) is 0 Å². The van der Waals surface area contributed by atoms with E-state index in [4.69, 9.17) is 47.7 Å². The van der Waals surface area contributed by atoms with Crippen LogP contribution < -0.4 is 10.1 Å². The van der Waals surface area contributed by atoms with Crippen molar-refractivity contribution in [3.8, 4) is 5.75 Å². The first-order valence-electron chi connectivity index (χ1n) is 14.1. The fraction of sp³-hybridized carbons (Fsp3) is 0.714. The SMILES string of the molecule is O=C(O)CCOCCOCCOCCOCCNC(=O)CCOCCOCCOCCOCCOc1ccc(Br)cc1. The number of carbonyl (C=O) groups is 2. The van der Waals surface area contributed by atoms with E-state index in [-0.39, 0.29) is 25.4 Å². The first-order chi connectivity index (χ1) is 20.6. The summed E-state index contributed by atoms with van der Waals surface area (Å²) >= 11 is 3.38. The number of benzene rings is 1. The van der Waals surface area contributed by atoms with Gasteiger partial charge < -0.3 is 53.1 Å². The minimum atomic E-state index is -0.884. The maximum atomic E-state index is 11.8. The van der Waals surface area contributed by atoms with Crippen LogP contribution in [0.3, 0.4) is 0 Å². The molecular formula is C28H46BrNO12. The Morgan fingerprint density at radius 2 is 0.929 bits per heavy atom. The molecule has 13 nitrogen and oxygen atoms in total. The third-order valence-corrected chi connectivity index (χ3v) is 5.57. The zero-order valence-electron chi connectivity index (χ0n) is 24.3. The lowest BCUT2D eigenvalue weighted by Crippen LogP contribution is -2.28. The van der Waals surface area contributed by atoms with Crippen molar-refractivity contribution < 1.29 is 57.3 Å². The van der Waals surface area contributed by atoms with Gasteiger partial charge in [0.2, 0.25) is 5.91 Å². The van der Waals surface area contributed by atoms with Crippen LogP contribution in [-0.4, -0.2) is 136 Å². The molecule has 0 unspecified atom stereocenters. The van der Waals surface area contributed by atoms with E-state index in [2.05, 4.69) is 21.2 Å². The molecule has 14 heteroatoms. The molecule has 0 aliphatic carbocycles. The highest BCUT2D eigenvalue weighted by molar-refractivity contribution is 9.10. The molecule has 0 atom stereocenters. The molecule has 1 aromatic rings. The van der Waals surface area contributed by atoms with E-state index in [1.807, 2.05) is 24.3 Å². The maximum absolute atomic E-state index is 11.8. The zero-order valence-corrected chi connectivity index (χ0v) is 25.9. The number of rotatable bonds is 31. The summed E-state index contributed by atoms with van der Waals surface area (Å²) in [5.74, 6) is -0.180. The summed E-state index contributed by atoms with van der Waals surface area (Å²) in [6.45, 7) is 7.44. The monoisotopic (exact) mass is 667 g/mol. The topological polar surface area (TPSA) is 149 Å². The van der Waals surface area contributed by atoms with Gasteiger partial charge in [-0.1, -0.05) is 15.9 Å². The van der Waals surface area contributed by atoms with Crippen LogP contribution in [0.5, 0.6) is 5.75 Å². The van der Waals surface area contributed by atoms with Crippen LogP contribution in [0, 0.1) is 0 Å². The van der Waals surface area contributed by atoms with Crippen molar-refractivity contribution in [1.82, 2.24) is 5.32 Å². The molecule has 242 valence electrons. The predicted octanol–water partition coefficient (Wildman–Crippen LogP) is 1.94. The number of amides is 1. The molecule has 0 bridgehead atoms. The second kappa shape index (κ2) is 29.2. The molecule has 0 saturated heterocycles. The molecule has 42 heavy (non-hydrogen) atoms. The summed E-state index contributed by atoms with van der Waals surface area (Å²) in [4.78, 5) is 22.1. The summed E-state index contributed by atoms with van der Waals surface area (Å²) in [5, 5.41) is 11.2. The quantitative estimate of drug-likeness (QED) is 0.111. The highest BCUT2D eigenvalue weighted by Crippen LogP contribution is 2.15. The number of hydrogen-bond donors (Lipinski definition) is 2. The molecule has 1 amide bonds. The van der Waals surface area contributed by atoms with Crippen LogP contribution in [-0.2, 0) is 47.5 Å². The number of carboxylic acid groups (broad SMARTS) is 1. The number of halogens is 1. The number of hydrogen-bond acceptors (Lipinski definition) is 11. The number of nitrogens with one attached hydrogen (secondary N) is 1. The summed E-state index contributed by atoms with van der Waals surface area (Å²) in [6, 6.07) is 7.64. The second-order valence-electron chi connectivity index (χ2n) is 8.45. The molecule has 2 N–H and O–H groups in total. The van der Waals surface area contributed by atoms with E-state index < -0.39 is 5.97 Å². The molecule has 0 aromatic heterocycles. The van der Waals surface area contributed by atoms with Gasteiger partial charge in [-0.2, -0.15) is 0 Å². The number of carboxylic acids is 1. The van der Waals surface area contributed by atoms with Crippen LogP contribution in [0.1, 0.15) is 12.8 Å². The average Bonchev–Trinajstić information content (AvgIpc) is 2.97. The van der Waals surface area contributed by atoms with Gasteiger partial charge in [0, 0.05) is 17.4 Å². The molecule has 0 fully saturated rings. The smallest absolute Gasteiger partial charge is 0.305 e. The van der Waals surface area contributed by atoms with Crippen LogP contribution in [0.2, 0.25) is 0 Å². The number of ether oxygens (including phenoxy) is 9. The summed E-state index contributed by atoms with van der Waals surface area (Å²) in [7, 11) is 0. The normalized spacial score (nSPS) is 11.1. The van der Waals surface area contributed by atoms with Crippen LogP contribution in [0.25, 0.3) is 0 Å². The summed E-state index contributed by atoms with van der Waals surface area (Å²) in [6.07, 6.45) is 0.255. The maximum Gasteiger partial charge on any atom is 0.305 e. The van der Waals surface area contributed by atoms with Gasteiger partial charge in [0.15, 0.2) is 0 Å². The Kier molecular flexibility index (Phi) is 26.5. The fourth-order valence-corrected chi connectivity index (χ4v) is 3.21. The van der Waals surface area contributed by atoms with Gasteiger partial charge >= 0.3 is 5.97 Å². The number of aliphatic carboxylic acids is 1. The van der Waals surface area contributed by atoms with Crippen molar-refractivity contribution in [3.63, 3.8) is 0 Å². The number of carbonyl (C=O) groups excluding carboxylic acids is 1. The fourth-order valence-electron chi connectivity index (χ4n) is 2.95. The van der Waals surface area contributed by atoms with Gasteiger partial charge in [-0.3, -0.25) is 9.59 Å². The first-order valence-corrected chi connectivity index (χ1v) is 14.9. The van der Waals surface area contributed by atoms with E-state index in [9.17, 15) is 9.59 Å². The molecular weight excluding hydrogens is 622 g/mol. The minimum absolute atomic E-state index is 0.0138. The van der Waals surface area contributed by atoms with Gasteiger partial charge in [0.25, 0.3) is 0 Å². The molecule has 0 aliphatic rings. The van der Waals surface area contributed by atoms with E-state index in [1.165, 1.54) is 0 Å².